The van der Waals surface area contributed by atoms with Crippen LogP contribution in [0.5, 0.6) is 0 Å². The van der Waals surface area contributed by atoms with Crippen molar-refractivity contribution in [1.82, 2.24) is 5.32 Å². The van der Waals surface area contributed by atoms with E-state index in [-0.39, 0.29) is 0 Å². The van der Waals surface area contributed by atoms with Gasteiger partial charge in [0.1, 0.15) is 5.76 Å². The number of allylic oxidation sites excluding steroid dienone is 2. The molecule has 2 rings (SSSR count). The minimum atomic E-state index is 0.357. The summed E-state index contributed by atoms with van der Waals surface area (Å²) in [6.45, 7) is 9.96. The van der Waals surface area contributed by atoms with E-state index in [1.165, 1.54) is 5.69 Å². The lowest BCUT2D eigenvalue weighted by molar-refractivity contribution is 0.250. The highest BCUT2D eigenvalue weighted by molar-refractivity contribution is 6.22. The number of aliphatic imine (C=N–C) groups is 1. The Morgan fingerprint density at radius 2 is 1.84 bits per heavy atom. The molecule has 5 nitrogen and oxygen atoms in total. The molecule has 0 aliphatic heterocycles. The molecule has 0 fully saturated rings. The minimum Gasteiger partial charge on any atom is -0.492 e. The van der Waals surface area contributed by atoms with Crippen molar-refractivity contribution in [2.45, 2.75) is 33.7 Å². The maximum Gasteiger partial charge on any atom is 0.146 e. The summed E-state index contributed by atoms with van der Waals surface area (Å²) in [6.07, 6.45) is 3.56. The van der Waals surface area contributed by atoms with Crippen molar-refractivity contribution in [2.75, 3.05) is 25.1 Å². The molecule has 0 unspecified atom stereocenters. The van der Waals surface area contributed by atoms with Crippen LogP contribution in [0.15, 0.2) is 52.9 Å². The third kappa shape index (κ3) is 4.50. The quantitative estimate of drug-likeness (QED) is 0.736. The van der Waals surface area contributed by atoms with Crippen LogP contribution in [0, 0.1) is 5.41 Å². The first-order valence-corrected chi connectivity index (χ1v) is 8.78. The van der Waals surface area contributed by atoms with Gasteiger partial charge in [-0.15, -0.1) is 0 Å². The van der Waals surface area contributed by atoms with Gasteiger partial charge in [-0.25, -0.2) is 4.99 Å². The van der Waals surface area contributed by atoms with Crippen LogP contribution < -0.4 is 10.2 Å². The zero-order valence-electron chi connectivity index (χ0n) is 15.8. The predicted molar refractivity (Wildman–Crippen MR) is 106 cm³/mol. The van der Waals surface area contributed by atoms with Gasteiger partial charge in [-0.1, -0.05) is 0 Å². The Balaban J connectivity index is 2.31. The summed E-state index contributed by atoms with van der Waals surface area (Å²) < 4.78 is 5.52. The molecule has 134 valence electrons. The molecule has 2 N–H and O–H groups in total. The molecule has 0 saturated heterocycles. The topological polar surface area (TPSA) is 60.7 Å². The fourth-order valence-electron chi connectivity index (χ4n) is 2.84. The summed E-state index contributed by atoms with van der Waals surface area (Å²) in [6, 6.07) is 8.71. The van der Waals surface area contributed by atoms with Gasteiger partial charge in [0.15, 0.2) is 0 Å². The lowest BCUT2D eigenvalue weighted by Crippen LogP contribution is -2.30. The molecule has 0 amide bonds. The first-order chi connectivity index (χ1) is 12.0. The average molecular weight is 340 g/mol. The Morgan fingerprint density at radius 1 is 1.16 bits per heavy atom. The Bertz CT molecular complexity index is 699. The van der Waals surface area contributed by atoms with E-state index in [1.807, 2.05) is 32.2 Å². The van der Waals surface area contributed by atoms with Gasteiger partial charge in [0.2, 0.25) is 0 Å². The summed E-state index contributed by atoms with van der Waals surface area (Å²) in [5, 5.41) is 11.1. The fourth-order valence-corrected chi connectivity index (χ4v) is 2.84. The molecule has 0 aromatic heterocycles. The van der Waals surface area contributed by atoms with Crippen LogP contribution in [0.3, 0.4) is 0 Å². The SMILES string of the molecule is CCOC1=CC(=Nc2ccc(N(CC)C(C)C)cc2)C(NC)=CC1=N. The van der Waals surface area contributed by atoms with Crippen molar-refractivity contribution in [2.24, 2.45) is 4.99 Å². The summed E-state index contributed by atoms with van der Waals surface area (Å²) >= 11 is 0. The maximum atomic E-state index is 8.02. The van der Waals surface area contributed by atoms with E-state index >= 15 is 0 Å². The maximum absolute atomic E-state index is 8.02. The van der Waals surface area contributed by atoms with E-state index < -0.39 is 0 Å². The number of hydrogen-bond donors (Lipinski definition) is 2. The van der Waals surface area contributed by atoms with Crippen molar-refractivity contribution in [3.63, 3.8) is 0 Å². The number of nitrogens with zero attached hydrogens (tertiary/aromatic N) is 2. The van der Waals surface area contributed by atoms with Gasteiger partial charge < -0.3 is 15.0 Å². The monoisotopic (exact) mass is 340 g/mol. The van der Waals surface area contributed by atoms with E-state index in [0.717, 1.165) is 23.6 Å². The zero-order chi connectivity index (χ0) is 18.4. The smallest absolute Gasteiger partial charge is 0.146 e. The zero-order valence-corrected chi connectivity index (χ0v) is 15.8. The molecule has 0 bridgehead atoms. The van der Waals surface area contributed by atoms with E-state index in [0.29, 0.717) is 24.1 Å². The van der Waals surface area contributed by atoms with Gasteiger partial charge in [0, 0.05) is 31.4 Å². The van der Waals surface area contributed by atoms with Gasteiger partial charge in [0.25, 0.3) is 0 Å². The van der Waals surface area contributed by atoms with Crippen LogP contribution >= 0.6 is 0 Å². The van der Waals surface area contributed by atoms with Crippen LogP contribution in [0.25, 0.3) is 0 Å². The Hall–Kier alpha value is -2.56. The molecule has 1 aromatic carbocycles. The van der Waals surface area contributed by atoms with Gasteiger partial charge in [-0.05, 0) is 58.0 Å². The van der Waals surface area contributed by atoms with Crippen molar-refractivity contribution >= 4 is 22.8 Å². The molecule has 0 heterocycles. The third-order valence-corrected chi connectivity index (χ3v) is 4.06. The van der Waals surface area contributed by atoms with Crippen LogP contribution in [0.2, 0.25) is 0 Å². The first kappa shape index (κ1) is 18.8. The summed E-state index contributed by atoms with van der Waals surface area (Å²) in [5.74, 6) is 0.550. The summed E-state index contributed by atoms with van der Waals surface area (Å²) in [7, 11) is 1.83. The van der Waals surface area contributed by atoms with Crippen molar-refractivity contribution < 1.29 is 4.74 Å². The molecule has 0 atom stereocenters. The van der Waals surface area contributed by atoms with Crippen LogP contribution in [-0.2, 0) is 4.74 Å². The molecule has 0 spiro atoms. The molecule has 0 saturated carbocycles. The second-order valence-electron chi connectivity index (χ2n) is 6.06. The van der Waals surface area contributed by atoms with Crippen LogP contribution in [0.1, 0.15) is 27.7 Å². The van der Waals surface area contributed by atoms with E-state index in [2.05, 4.69) is 43.1 Å². The Kier molecular flexibility index (Phi) is 6.39. The second kappa shape index (κ2) is 8.51. The minimum absolute atomic E-state index is 0.357. The second-order valence-corrected chi connectivity index (χ2v) is 6.06. The van der Waals surface area contributed by atoms with Crippen molar-refractivity contribution in [1.29, 1.82) is 5.41 Å². The molecule has 5 heteroatoms. The molecular formula is C20H28N4O. The highest BCUT2D eigenvalue weighted by Gasteiger charge is 2.16. The first-order valence-electron chi connectivity index (χ1n) is 8.78. The highest BCUT2D eigenvalue weighted by atomic mass is 16.5. The number of anilines is 1. The number of rotatable bonds is 7. The predicted octanol–water partition coefficient (Wildman–Crippen LogP) is 4.05. The number of ether oxygens (including phenoxy) is 1. The number of hydrogen-bond acceptors (Lipinski definition) is 5. The van der Waals surface area contributed by atoms with Crippen molar-refractivity contribution in [3.05, 3.63) is 47.9 Å². The van der Waals surface area contributed by atoms with E-state index in [1.54, 1.807) is 6.08 Å². The lowest BCUT2D eigenvalue weighted by Gasteiger charge is -2.27. The Morgan fingerprint density at radius 3 is 2.36 bits per heavy atom. The molecule has 25 heavy (non-hydrogen) atoms. The summed E-state index contributed by atoms with van der Waals surface area (Å²) in [5.41, 5.74) is 4.01. The van der Waals surface area contributed by atoms with E-state index in [4.69, 9.17) is 15.1 Å². The molecule has 0 radical (unpaired) electrons. The van der Waals surface area contributed by atoms with Gasteiger partial charge in [0.05, 0.1) is 29.4 Å². The Labute approximate surface area is 150 Å². The van der Waals surface area contributed by atoms with E-state index in [9.17, 15) is 0 Å². The summed E-state index contributed by atoms with van der Waals surface area (Å²) in [4.78, 5) is 7.06. The molecule has 1 aliphatic carbocycles. The fraction of sp³-hybridized carbons (Fsp3) is 0.400. The number of benzene rings is 1. The molecule has 1 aromatic rings. The highest BCUT2D eigenvalue weighted by Crippen LogP contribution is 2.23. The van der Waals surface area contributed by atoms with Gasteiger partial charge in [-0.2, -0.15) is 0 Å². The third-order valence-electron chi connectivity index (χ3n) is 4.06. The average Bonchev–Trinajstić information content (AvgIpc) is 2.59. The normalized spacial score (nSPS) is 15.9. The molecular weight excluding hydrogens is 312 g/mol. The standard InChI is InChI=1S/C20H28N4O/c1-6-24(14(3)4)16-10-8-15(9-11-16)23-19-13-20(25-7-2)17(21)12-18(19)22-5/h8-14,21-22H,6-7H2,1-5H3. The lowest BCUT2D eigenvalue weighted by atomic mass is 10.1. The van der Waals surface area contributed by atoms with Crippen LogP contribution in [-0.4, -0.2) is 37.7 Å². The van der Waals surface area contributed by atoms with Gasteiger partial charge in [-0.3, -0.25) is 5.41 Å². The van der Waals surface area contributed by atoms with Crippen LogP contribution in [0.4, 0.5) is 11.4 Å². The molecule has 1 aliphatic rings. The van der Waals surface area contributed by atoms with Gasteiger partial charge >= 0.3 is 0 Å². The van der Waals surface area contributed by atoms with Crippen molar-refractivity contribution in [3.8, 4) is 0 Å². The number of nitrogens with one attached hydrogen (secondary N) is 2. The largest absolute Gasteiger partial charge is 0.492 e.